The Morgan fingerprint density at radius 3 is 2.41 bits per heavy atom. The monoisotopic (exact) mass is 362 g/mol. The van der Waals surface area contributed by atoms with E-state index in [1.807, 2.05) is 37.3 Å². The summed E-state index contributed by atoms with van der Waals surface area (Å²) in [4.78, 5) is 35.1. The Bertz CT molecular complexity index is 1070. The first-order valence-corrected chi connectivity index (χ1v) is 8.33. The molecule has 6 nitrogen and oxygen atoms in total. The Balaban J connectivity index is 1.84. The summed E-state index contributed by atoms with van der Waals surface area (Å²) in [5.74, 6) is -1.48. The first kappa shape index (κ1) is 18.1. The number of hydrogen-bond acceptors (Lipinski definition) is 3. The fourth-order valence-corrected chi connectivity index (χ4v) is 2.74. The van der Waals surface area contributed by atoms with Gasteiger partial charge in [-0.05, 0) is 36.2 Å². The third-order valence-electron chi connectivity index (χ3n) is 4.02. The van der Waals surface area contributed by atoms with Crippen molar-refractivity contribution in [2.45, 2.75) is 13.5 Å². The predicted molar refractivity (Wildman–Crippen MR) is 103 cm³/mol. The van der Waals surface area contributed by atoms with E-state index >= 15 is 0 Å². The lowest BCUT2D eigenvalue weighted by atomic mass is 10.0. The number of carboxylic acids is 1. The highest BCUT2D eigenvalue weighted by Gasteiger charge is 2.10. The molecular formula is C21H18N2O4. The number of aryl methyl sites for hydroxylation is 1. The Hall–Kier alpha value is -3.67. The molecule has 0 fully saturated rings. The summed E-state index contributed by atoms with van der Waals surface area (Å²) in [5.41, 5.74) is 3.42. The highest BCUT2D eigenvalue weighted by atomic mass is 16.4. The van der Waals surface area contributed by atoms with Gasteiger partial charge in [-0.2, -0.15) is 0 Å². The van der Waals surface area contributed by atoms with Crippen LogP contribution in [0.3, 0.4) is 0 Å². The quantitative estimate of drug-likeness (QED) is 0.730. The molecule has 0 bridgehead atoms. The molecular weight excluding hydrogens is 344 g/mol. The van der Waals surface area contributed by atoms with Crippen LogP contribution in [0.2, 0.25) is 0 Å². The number of hydrogen-bond donors (Lipinski definition) is 2. The molecule has 0 atom stereocenters. The lowest BCUT2D eigenvalue weighted by Crippen LogP contribution is -2.24. The molecule has 1 aromatic heterocycles. The van der Waals surface area contributed by atoms with Gasteiger partial charge in [0, 0.05) is 17.8 Å². The van der Waals surface area contributed by atoms with Crippen LogP contribution in [0.4, 0.5) is 5.69 Å². The first-order chi connectivity index (χ1) is 12.9. The zero-order valence-corrected chi connectivity index (χ0v) is 14.7. The number of anilines is 1. The number of carbonyl (C=O) groups excluding carboxylic acids is 1. The average Bonchev–Trinajstić information content (AvgIpc) is 2.64. The van der Waals surface area contributed by atoms with Gasteiger partial charge in [0.2, 0.25) is 0 Å². The fraction of sp³-hybridized carbons (Fsp3) is 0.0952. The molecule has 0 aliphatic heterocycles. The number of aromatic nitrogens is 1. The number of pyridine rings is 1. The van der Waals surface area contributed by atoms with Gasteiger partial charge in [-0.15, -0.1) is 0 Å². The van der Waals surface area contributed by atoms with Crippen molar-refractivity contribution < 1.29 is 14.7 Å². The number of nitrogens with one attached hydrogen (secondary N) is 1. The van der Waals surface area contributed by atoms with E-state index in [1.54, 1.807) is 18.2 Å². The zero-order chi connectivity index (χ0) is 19.4. The van der Waals surface area contributed by atoms with Gasteiger partial charge in [0.25, 0.3) is 11.5 Å². The van der Waals surface area contributed by atoms with Crippen molar-refractivity contribution in [1.82, 2.24) is 4.57 Å². The second-order valence-corrected chi connectivity index (χ2v) is 6.18. The average molecular weight is 362 g/mol. The minimum atomic E-state index is -1.13. The number of carboxylic acid groups (broad SMARTS) is 1. The molecule has 0 saturated carbocycles. The highest BCUT2D eigenvalue weighted by molar-refractivity contribution is 6.04. The SMILES string of the molecule is Cc1cccc(-c2cccc(C(=O)Nc3ccc(=O)n(CC(=O)O)c3)c2)c1. The van der Waals surface area contributed by atoms with Crippen molar-refractivity contribution in [1.29, 1.82) is 0 Å². The predicted octanol–water partition coefficient (Wildman–Crippen LogP) is 3.16. The minimum absolute atomic E-state index is 0.343. The van der Waals surface area contributed by atoms with Crippen LogP contribution in [0.5, 0.6) is 0 Å². The normalized spacial score (nSPS) is 10.4. The summed E-state index contributed by atoms with van der Waals surface area (Å²) in [6.07, 6.45) is 1.32. The number of carbonyl (C=O) groups is 2. The van der Waals surface area contributed by atoms with E-state index in [9.17, 15) is 14.4 Å². The maximum Gasteiger partial charge on any atom is 0.323 e. The van der Waals surface area contributed by atoms with Crippen LogP contribution in [0.15, 0.2) is 71.7 Å². The third-order valence-corrected chi connectivity index (χ3v) is 4.02. The maximum atomic E-state index is 12.6. The molecule has 0 spiro atoms. The van der Waals surface area contributed by atoms with Gasteiger partial charge in [-0.1, -0.05) is 42.0 Å². The van der Waals surface area contributed by atoms with Crippen LogP contribution in [0, 0.1) is 6.92 Å². The van der Waals surface area contributed by atoms with Gasteiger partial charge in [-0.3, -0.25) is 14.4 Å². The van der Waals surface area contributed by atoms with Gasteiger partial charge in [-0.25, -0.2) is 0 Å². The molecule has 1 amide bonds. The van der Waals surface area contributed by atoms with Gasteiger partial charge < -0.3 is 15.0 Å². The molecule has 136 valence electrons. The van der Waals surface area contributed by atoms with E-state index < -0.39 is 18.1 Å². The number of aliphatic carboxylic acids is 1. The molecule has 3 rings (SSSR count). The second-order valence-electron chi connectivity index (χ2n) is 6.18. The molecule has 27 heavy (non-hydrogen) atoms. The molecule has 6 heteroatoms. The van der Waals surface area contributed by atoms with E-state index in [0.29, 0.717) is 11.3 Å². The summed E-state index contributed by atoms with van der Waals surface area (Å²) in [5, 5.41) is 11.6. The Morgan fingerprint density at radius 2 is 1.70 bits per heavy atom. The molecule has 0 radical (unpaired) electrons. The molecule has 3 aromatic rings. The van der Waals surface area contributed by atoms with E-state index in [2.05, 4.69) is 5.32 Å². The number of rotatable bonds is 5. The number of nitrogens with zero attached hydrogens (tertiary/aromatic N) is 1. The van der Waals surface area contributed by atoms with Crippen molar-refractivity contribution in [2.75, 3.05) is 5.32 Å². The largest absolute Gasteiger partial charge is 0.480 e. The molecule has 2 N–H and O–H groups in total. The van der Waals surface area contributed by atoms with Gasteiger partial charge in [0.05, 0.1) is 5.69 Å². The molecule has 1 heterocycles. The van der Waals surface area contributed by atoms with Crippen LogP contribution in [0.25, 0.3) is 11.1 Å². The minimum Gasteiger partial charge on any atom is -0.480 e. The van der Waals surface area contributed by atoms with Gasteiger partial charge in [0.15, 0.2) is 0 Å². The van der Waals surface area contributed by atoms with Gasteiger partial charge >= 0.3 is 5.97 Å². The zero-order valence-electron chi connectivity index (χ0n) is 14.7. The summed E-state index contributed by atoms with van der Waals surface area (Å²) < 4.78 is 1.03. The fourth-order valence-electron chi connectivity index (χ4n) is 2.74. The Morgan fingerprint density at radius 1 is 1.00 bits per heavy atom. The summed E-state index contributed by atoms with van der Waals surface area (Å²) in [7, 11) is 0. The Kier molecular flexibility index (Phi) is 5.17. The summed E-state index contributed by atoms with van der Waals surface area (Å²) in [6.45, 7) is 1.54. The molecule has 0 aliphatic carbocycles. The van der Waals surface area contributed by atoms with E-state index in [-0.39, 0.29) is 5.91 Å². The number of benzene rings is 2. The van der Waals surface area contributed by atoms with Crippen molar-refractivity contribution in [3.8, 4) is 11.1 Å². The van der Waals surface area contributed by atoms with Crippen LogP contribution in [-0.2, 0) is 11.3 Å². The van der Waals surface area contributed by atoms with Crippen LogP contribution in [-0.4, -0.2) is 21.6 Å². The van der Waals surface area contributed by atoms with E-state index in [4.69, 9.17) is 5.11 Å². The lowest BCUT2D eigenvalue weighted by molar-refractivity contribution is -0.137. The molecule has 0 unspecified atom stereocenters. The van der Waals surface area contributed by atoms with Gasteiger partial charge in [0.1, 0.15) is 6.54 Å². The molecule has 0 saturated heterocycles. The lowest BCUT2D eigenvalue weighted by Gasteiger charge is -2.09. The third kappa shape index (κ3) is 4.49. The Labute approximate surface area is 155 Å². The van der Waals surface area contributed by atoms with Crippen LogP contribution >= 0.6 is 0 Å². The summed E-state index contributed by atoms with van der Waals surface area (Å²) >= 11 is 0. The molecule has 0 aliphatic rings. The standard InChI is InChI=1S/C21H18N2O4/c1-14-4-2-5-15(10-14)16-6-3-7-17(11-16)21(27)22-18-8-9-19(24)23(12-18)13-20(25)26/h2-12H,13H2,1H3,(H,22,27)(H,25,26). The molecule has 2 aromatic carbocycles. The smallest absolute Gasteiger partial charge is 0.323 e. The van der Waals surface area contributed by atoms with Crippen molar-refractivity contribution in [3.05, 3.63) is 88.3 Å². The van der Waals surface area contributed by atoms with E-state index in [1.165, 1.54) is 18.3 Å². The van der Waals surface area contributed by atoms with Crippen molar-refractivity contribution >= 4 is 17.6 Å². The second kappa shape index (κ2) is 7.70. The topological polar surface area (TPSA) is 88.4 Å². The van der Waals surface area contributed by atoms with Crippen molar-refractivity contribution in [3.63, 3.8) is 0 Å². The highest BCUT2D eigenvalue weighted by Crippen LogP contribution is 2.22. The van der Waals surface area contributed by atoms with E-state index in [0.717, 1.165) is 21.3 Å². The van der Waals surface area contributed by atoms with Crippen molar-refractivity contribution in [2.24, 2.45) is 0 Å². The van der Waals surface area contributed by atoms with Crippen LogP contribution in [0.1, 0.15) is 15.9 Å². The van der Waals surface area contributed by atoms with Crippen LogP contribution < -0.4 is 10.9 Å². The first-order valence-electron chi connectivity index (χ1n) is 8.33. The summed E-state index contributed by atoms with van der Waals surface area (Å²) in [6, 6.07) is 17.9. The number of amides is 1. The maximum absolute atomic E-state index is 12.6.